The Morgan fingerprint density at radius 2 is 2.20 bits per heavy atom. The summed E-state index contributed by atoms with van der Waals surface area (Å²) in [5.74, 6) is 2.26. The molecule has 0 radical (unpaired) electrons. The molecule has 2 unspecified atom stereocenters. The molecule has 2 saturated heterocycles. The molecule has 2 fully saturated rings. The molecule has 2 heteroatoms. The van der Waals surface area contributed by atoms with Crippen molar-refractivity contribution in [2.75, 3.05) is 19.0 Å². The maximum atomic E-state index is 5.43. The Bertz CT molecular complexity index is 104. The predicted molar refractivity (Wildman–Crippen MR) is 44.4 cm³/mol. The van der Waals surface area contributed by atoms with Gasteiger partial charge in [-0.1, -0.05) is 6.42 Å². The number of thioether (sulfide) groups is 1. The van der Waals surface area contributed by atoms with Crippen LogP contribution in [-0.4, -0.2) is 24.2 Å². The maximum Gasteiger partial charge on any atom is 0.0588 e. The highest BCUT2D eigenvalue weighted by molar-refractivity contribution is 7.99. The molecule has 0 spiro atoms. The lowest BCUT2D eigenvalue weighted by molar-refractivity contribution is 0.184. The molecule has 0 aromatic carbocycles. The van der Waals surface area contributed by atoms with E-state index in [0.717, 1.165) is 24.4 Å². The van der Waals surface area contributed by atoms with Gasteiger partial charge in [0, 0.05) is 5.25 Å². The van der Waals surface area contributed by atoms with E-state index in [1.807, 2.05) is 0 Å². The van der Waals surface area contributed by atoms with Crippen LogP contribution in [0.15, 0.2) is 0 Å². The highest BCUT2D eigenvalue weighted by Gasteiger charge is 2.29. The third kappa shape index (κ3) is 1.32. The van der Waals surface area contributed by atoms with Gasteiger partial charge in [0.25, 0.3) is 0 Å². The summed E-state index contributed by atoms with van der Waals surface area (Å²) >= 11 is 2.13. The highest BCUT2D eigenvalue weighted by atomic mass is 32.2. The predicted octanol–water partition coefficient (Wildman–Crippen LogP) is 1.92. The third-order valence-electron chi connectivity index (χ3n) is 2.44. The van der Waals surface area contributed by atoms with Gasteiger partial charge in [-0.3, -0.25) is 0 Å². The van der Waals surface area contributed by atoms with E-state index in [4.69, 9.17) is 4.74 Å². The molecular formula is C8H14OS. The van der Waals surface area contributed by atoms with E-state index in [-0.39, 0.29) is 0 Å². The Kier molecular flexibility index (Phi) is 2.19. The molecule has 10 heavy (non-hydrogen) atoms. The first-order valence-corrected chi connectivity index (χ1v) is 5.21. The fourth-order valence-corrected chi connectivity index (χ4v) is 3.13. The monoisotopic (exact) mass is 158 g/mol. The second-order valence-electron chi connectivity index (χ2n) is 3.20. The van der Waals surface area contributed by atoms with E-state index in [1.54, 1.807) is 0 Å². The molecule has 58 valence electrons. The summed E-state index contributed by atoms with van der Waals surface area (Å²) in [7, 11) is 0. The summed E-state index contributed by atoms with van der Waals surface area (Å²) in [6.45, 7) is 2.06. The van der Waals surface area contributed by atoms with Gasteiger partial charge >= 0.3 is 0 Å². The fourth-order valence-electron chi connectivity index (χ4n) is 1.78. The van der Waals surface area contributed by atoms with E-state index in [2.05, 4.69) is 11.8 Å². The van der Waals surface area contributed by atoms with Crippen LogP contribution in [0.4, 0.5) is 0 Å². The SMILES string of the molecule is C1CCC2COCC2SC1. The van der Waals surface area contributed by atoms with Crippen LogP contribution in [0.3, 0.4) is 0 Å². The van der Waals surface area contributed by atoms with Crippen LogP contribution in [0.5, 0.6) is 0 Å². The molecule has 0 bridgehead atoms. The van der Waals surface area contributed by atoms with Crippen LogP contribution in [-0.2, 0) is 4.74 Å². The van der Waals surface area contributed by atoms with Gasteiger partial charge in [-0.2, -0.15) is 11.8 Å². The zero-order chi connectivity index (χ0) is 6.81. The molecule has 2 rings (SSSR count). The minimum Gasteiger partial charge on any atom is -0.380 e. The van der Waals surface area contributed by atoms with Gasteiger partial charge in [-0.25, -0.2) is 0 Å². The van der Waals surface area contributed by atoms with E-state index in [1.165, 1.54) is 25.0 Å². The number of fused-ring (bicyclic) bond motifs is 1. The van der Waals surface area contributed by atoms with Crippen LogP contribution >= 0.6 is 11.8 Å². The topological polar surface area (TPSA) is 9.23 Å². The molecule has 2 aliphatic rings. The van der Waals surface area contributed by atoms with Crippen LogP contribution in [0, 0.1) is 5.92 Å². The molecule has 2 atom stereocenters. The highest BCUT2D eigenvalue weighted by Crippen LogP contribution is 2.33. The Morgan fingerprint density at radius 3 is 3.20 bits per heavy atom. The van der Waals surface area contributed by atoms with Crippen LogP contribution in [0.25, 0.3) is 0 Å². The normalized spacial score (nSPS) is 40.8. The summed E-state index contributed by atoms with van der Waals surface area (Å²) in [6.07, 6.45) is 4.27. The fraction of sp³-hybridized carbons (Fsp3) is 1.00. The largest absolute Gasteiger partial charge is 0.380 e. The number of hydrogen-bond acceptors (Lipinski definition) is 2. The lowest BCUT2D eigenvalue weighted by Crippen LogP contribution is -2.12. The molecule has 2 aliphatic heterocycles. The van der Waals surface area contributed by atoms with E-state index in [0.29, 0.717) is 0 Å². The minimum absolute atomic E-state index is 0.850. The van der Waals surface area contributed by atoms with Crippen molar-refractivity contribution in [3.05, 3.63) is 0 Å². The zero-order valence-corrected chi connectivity index (χ0v) is 7.03. The summed E-state index contributed by atoms with van der Waals surface area (Å²) < 4.78 is 5.43. The van der Waals surface area contributed by atoms with Gasteiger partial charge in [0.1, 0.15) is 0 Å². The Morgan fingerprint density at radius 1 is 1.20 bits per heavy atom. The van der Waals surface area contributed by atoms with Crippen molar-refractivity contribution in [3.8, 4) is 0 Å². The molecule has 0 aliphatic carbocycles. The first kappa shape index (κ1) is 6.99. The quantitative estimate of drug-likeness (QED) is 0.532. The van der Waals surface area contributed by atoms with Crippen LogP contribution in [0.1, 0.15) is 19.3 Å². The lowest BCUT2D eigenvalue weighted by Gasteiger charge is -2.10. The van der Waals surface area contributed by atoms with Crippen molar-refractivity contribution in [2.45, 2.75) is 24.5 Å². The first-order chi connectivity index (χ1) is 4.97. The Labute approximate surface area is 66.5 Å². The van der Waals surface area contributed by atoms with Crippen LogP contribution < -0.4 is 0 Å². The Hall–Kier alpha value is 0.310. The van der Waals surface area contributed by atoms with Crippen molar-refractivity contribution in [1.29, 1.82) is 0 Å². The summed E-state index contributed by atoms with van der Waals surface area (Å²) in [5.41, 5.74) is 0. The smallest absolute Gasteiger partial charge is 0.0588 e. The average Bonchev–Trinajstić information content (AvgIpc) is 2.28. The van der Waals surface area contributed by atoms with E-state index in [9.17, 15) is 0 Å². The summed E-state index contributed by atoms with van der Waals surface area (Å²) in [6, 6.07) is 0. The number of rotatable bonds is 0. The molecule has 0 saturated carbocycles. The zero-order valence-electron chi connectivity index (χ0n) is 6.21. The number of hydrogen-bond donors (Lipinski definition) is 0. The molecule has 0 N–H and O–H groups in total. The molecule has 0 aromatic rings. The first-order valence-electron chi connectivity index (χ1n) is 4.16. The standard InChI is InChI=1S/C8H14OS/c1-2-4-10-8-6-9-5-7(8)3-1/h7-8H,1-6H2. The van der Waals surface area contributed by atoms with E-state index >= 15 is 0 Å². The van der Waals surface area contributed by atoms with Gasteiger partial charge in [0.2, 0.25) is 0 Å². The van der Waals surface area contributed by atoms with Gasteiger partial charge in [0.05, 0.1) is 13.2 Å². The third-order valence-corrected chi connectivity index (χ3v) is 3.91. The van der Waals surface area contributed by atoms with Gasteiger partial charge in [-0.15, -0.1) is 0 Å². The van der Waals surface area contributed by atoms with E-state index < -0.39 is 0 Å². The average molecular weight is 158 g/mol. The van der Waals surface area contributed by atoms with Crippen LogP contribution in [0.2, 0.25) is 0 Å². The summed E-state index contributed by atoms with van der Waals surface area (Å²) in [4.78, 5) is 0. The molecule has 0 amide bonds. The maximum absolute atomic E-state index is 5.43. The minimum atomic E-state index is 0.850. The molecule has 1 nitrogen and oxygen atoms in total. The molecule has 0 aromatic heterocycles. The van der Waals surface area contributed by atoms with Crippen molar-refractivity contribution >= 4 is 11.8 Å². The molecule has 2 heterocycles. The Balaban J connectivity index is 1.95. The second-order valence-corrected chi connectivity index (χ2v) is 4.55. The van der Waals surface area contributed by atoms with Gasteiger partial charge < -0.3 is 4.74 Å². The summed E-state index contributed by atoms with van der Waals surface area (Å²) in [5, 5.41) is 0.850. The van der Waals surface area contributed by atoms with Crippen molar-refractivity contribution in [1.82, 2.24) is 0 Å². The van der Waals surface area contributed by atoms with Crippen molar-refractivity contribution in [2.24, 2.45) is 5.92 Å². The number of ether oxygens (including phenoxy) is 1. The lowest BCUT2D eigenvalue weighted by atomic mass is 10.0. The van der Waals surface area contributed by atoms with Crippen molar-refractivity contribution in [3.63, 3.8) is 0 Å². The molecular weight excluding hydrogens is 144 g/mol. The van der Waals surface area contributed by atoms with Gasteiger partial charge in [-0.05, 0) is 24.5 Å². The second kappa shape index (κ2) is 3.14. The van der Waals surface area contributed by atoms with Crippen molar-refractivity contribution < 1.29 is 4.74 Å². The van der Waals surface area contributed by atoms with Gasteiger partial charge in [0.15, 0.2) is 0 Å².